The first-order valence-corrected chi connectivity index (χ1v) is 22.4. The normalized spacial score (nSPS) is 21.3. The van der Waals surface area contributed by atoms with Crippen molar-refractivity contribution in [1.29, 1.82) is 0 Å². The first-order chi connectivity index (χ1) is 30.5. The monoisotopic (exact) mass is 878 g/mol. The number of methoxy groups -OCH3 is 1. The summed E-state index contributed by atoms with van der Waals surface area (Å²) in [5, 5.41) is 9.75. The number of nitrogens with zero attached hydrogens (tertiary/aromatic N) is 6. The standard InChI is InChI=1S/C48H62N8O8/c1-10-40(57)54-21-18-31(26-54)45(59)53(8)42(28(3)4)44(58)50-37-23-32-24-39(64-52-32)30-16-17-38-34(22-30)35(43(55(38)11-2)33-14-12-19-49-41(33)29(5)62-9)25-48(6,7)27-63-47(61)36-15-13-20-56(51-36)46(37)60/h10,12,14,16-17,19,22,24,28-29,31,36-37,42,51H,1,11,13,15,18,20-21,23,25-27H2,2-9H3,(H,50,58)/t29-,31-,36-,37-,42?/m0/s1. The molecule has 2 saturated heterocycles. The summed E-state index contributed by atoms with van der Waals surface area (Å²) in [6.45, 7) is 17.2. The number of ether oxygens (including phenoxy) is 2. The molecular formula is C48H62N8O8. The van der Waals surface area contributed by atoms with Gasteiger partial charge in [-0.3, -0.25) is 34.0 Å². The third kappa shape index (κ3) is 9.34. The van der Waals surface area contributed by atoms with Gasteiger partial charge in [0.05, 0.1) is 35.7 Å². The van der Waals surface area contributed by atoms with E-state index in [-0.39, 0.29) is 50.0 Å². The summed E-state index contributed by atoms with van der Waals surface area (Å²) in [5.74, 6) is -2.31. The number of hydrogen-bond acceptors (Lipinski definition) is 11. The minimum absolute atomic E-state index is 0.0371. The first kappa shape index (κ1) is 46.1. The molecule has 342 valence electrons. The Labute approximate surface area is 374 Å². The van der Waals surface area contributed by atoms with Gasteiger partial charge in [-0.15, -0.1) is 0 Å². The summed E-state index contributed by atoms with van der Waals surface area (Å²) in [5.41, 5.74) is 8.61. The van der Waals surface area contributed by atoms with E-state index < -0.39 is 47.2 Å². The van der Waals surface area contributed by atoms with E-state index in [1.54, 1.807) is 31.3 Å². The minimum atomic E-state index is -1.15. The zero-order valence-electron chi connectivity index (χ0n) is 38.3. The van der Waals surface area contributed by atoms with E-state index in [1.165, 1.54) is 16.0 Å². The lowest BCUT2D eigenvalue weighted by molar-refractivity contribution is -0.155. The molecule has 4 aromatic rings. The highest BCUT2D eigenvalue weighted by atomic mass is 16.5. The molecule has 0 spiro atoms. The summed E-state index contributed by atoms with van der Waals surface area (Å²) in [7, 11) is 3.25. The van der Waals surface area contributed by atoms with Gasteiger partial charge in [-0.25, -0.2) is 5.43 Å². The first-order valence-electron chi connectivity index (χ1n) is 22.4. The molecule has 3 aromatic heterocycles. The summed E-state index contributed by atoms with van der Waals surface area (Å²) in [6.07, 6.45) is 4.68. The van der Waals surface area contributed by atoms with Gasteiger partial charge in [-0.2, -0.15) is 0 Å². The predicted molar refractivity (Wildman–Crippen MR) is 240 cm³/mol. The number of hydrazine groups is 1. The fraction of sp³-hybridized carbons (Fsp3) is 0.521. The van der Waals surface area contributed by atoms with Crippen LogP contribution in [-0.2, 0) is 52.8 Å². The van der Waals surface area contributed by atoms with Gasteiger partial charge in [0, 0.05) is 86.5 Å². The maximum absolute atomic E-state index is 14.6. The molecule has 7 rings (SSSR count). The Balaban J connectivity index is 1.27. The summed E-state index contributed by atoms with van der Waals surface area (Å²) >= 11 is 0. The molecule has 1 aromatic carbocycles. The highest BCUT2D eigenvalue weighted by molar-refractivity contribution is 5.96. The highest BCUT2D eigenvalue weighted by Gasteiger charge is 2.40. The molecule has 6 heterocycles. The second-order valence-electron chi connectivity index (χ2n) is 18.4. The quantitative estimate of drug-likeness (QED) is 0.157. The Morgan fingerprint density at radius 2 is 1.91 bits per heavy atom. The van der Waals surface area contributed by atoms with Crippen LogP contribution in [0.1, 0.15) is 83.9 Å². The highest BCUT2D eigenvalue weighted by Crippen LogP contribution is 2.42. The van der Waals surface area contributed by atoms with Crippen molar-refractivity contribution in [3.8, 4) is 22.6 Å². The van der Waals surface area contributed by atoms with E-state index in [2.05, 4.69) is 66.0 Å². The third-order valence-corrected chi connectivity index (χ3v) is 12.9. The van der Waals surface area contributed by atoms with Gasteiger partial charge in [-0.1, -0.05) is 39.4 Å². The zero-order valence-corrected chi connectivity index (χ0v) is 38.3. The van der Waals surface area contributed by atoms with Crippen molar-refractivity contribution in [3.05, 3.63) is 72.2 Å². The molecule has 2 fully saturated rings. The van der Waals surface area contributed by atoms with Gasteiger partial charge in [0.1, 0.15) is 18.1 Å². The van der Waals surface area contributed by atoms with Gasteiger partial charge < -0.3 is 33.7 Å². The Kier molecular flexibility index (Phi) is 13.8. The average molecular weight is 879 g/mol. The fourth-order valence-corrected chi connectivity index (χ4v) is 9.50. The van der Waals surface area contributed by atoms with Crippen LogP contribution in [-0.4, -0.2) is 118 Å². The molecule has 2 N–H and O–H groups in total. The SMILES string of the molecule is C=CC(=O)N1CC[C@H](C(=O)N(C)C(C(=O)N[C@H]2Cc3cc(on3)-c3ccc4c(c3)c(c(-c3cccnc3[C@H](C)OC)n4CC)CC(C)(C)COC(=O)[C@@H]3CCCN(N3)C2=O)C(C)C)C1. The molecule has 16 nitrogen and oxygen atoms in total. The zero-order chi connectivity index (χ0) is 46.0. The van der Waals surface area contributed by atoms with Gasteiger partial charge in [0.2, 0.25) is 17.7 Å². The van der Waals surface area contributed by atoms with Crippen molar-refractivity contribution in [2.24, 2.45) is 17.3 Å². The Bertz CT molecular complexity index is 2420. The van der Waals surface area contributed by atoms with Crippen molar-refractivity contribution in [2.45, 2.75) is 104 Å². The largest absolute Gasteiger partial charge is 0.464 e. The number of pyridine rings is 1. The molecule has 3 aliphatic rings. The van der Waals surface area contributed by atoms with Crippen molar-refractivity contribution in [3.63, 3.8) is 0 Å². The van der Waals surface area contributed by atoms with E-state index in [9.17, 15) is 24.0 Å². The molecule has 0 radical (unpaired) electrons. The molecule has 64 heavy (non-hydrogen) atoms. The molecule has 0 saturated carbocycles. The van der Waals surface area contributed by atoms with Crippen LogP contribution >= 0.6 is 0 Å². The smallest absolute Gasteiger partial charge is 0.324 e. The number of carbonyl (C=O) groups excluding carboxylic acids is 5. The molecule has 0 aliphatic carbocycles. The second kappa shape index (κ2) is 19.1. The van der Waals surface area contributed by atoms with Crippen LogP contribution in [0.2, 0.25) is 0 Å². The Morgan fingerprint density at radius 1 is 1.12 bits per heavy atom. The van der Waals surface area contributed by atoms with Crippen molar-refractivity contribution >= 4 is 40.5 Å². The number of amides is 4. The topological polar surface area (TPSA) is 181 Å². The van der Waals surface area contributed by atoms with Gasteiger partial charge in [0.25, 0.3) is 5.91 Å². The average Bonchev–Trinajstić information content (AvgIpc) is 4.05. The molecule has 5 atom stereocenters. The molecule has 16 heteroatoms. The molecule has 4 amide bonds. The number of benzene rings is 1. The minimum Gasteiger partial charge on any atom is -0.464 e. The van der Waals surface area contributed by atoms with Crippen LogP contribution in [0, 0.1) is 17.3 Å². The lowest BCUT2D eigenvalue weighted by atomic mass is 9.84. The number of carbonyl (C=O) groups is 5. The second-order valence-corrected chi connectivity index (χ2v) is 18.4. The van der Waals surface area contributed by atoms with Crippen LogP contribution in [0.3, 0.4) is 0 Å². The van der Waals surface area contributed by atoms with E-state index in [4.69, 9.17) is 19.0 Å². The van der Waals surface area contributed by atoms with E-state index in [0.717, 1.165) is 39.0 Å². The number of likely N-dealkylation sites (N-methyl/N-ethyl adjacent to an activating group) is 1. The van der Waals surface area contributed by atoms with Crippen molar-refractivity contribution in [1.82, 2.24) is 40.3 Å². The molecule has 1 unspecified atom stereocenters. The van der Waals surface area contributed by atoms with Gasteiger partial charge in [0.15, 0.2) is 5.76 Å². The number of rotatable bonds is 10. The number of likely N-dealkylation sites (tertiary alicyclic amines) is 1. The summed E-state index contributed by atoms with van der Waals surface area (Å²) in [4.78, 5) is 76.7. The van der Waals surface area contributed by atoms with Crippen LogP contribution in [0.15, 0.2) is 59.8 Å². The van der Waals surface area contributed by atoms with E-state index in [0.29, 0.717) is 50.2 Å². The van der Waals surface area contributed by atoms with Crippen LogP contribution in [0.4, 0.5) is 0 Å². The van der Waals surface area contributed by atoms with Gasteiger partial charge in [-0.05, 0) is 87.4 Å². The number of esters is 1. The Morgan fingerprint density at radius 3 is 2.62 bits per heavy atom. The van der Waals surface area contributed by atoms with Crippen LogP contribution < -0.4 is 10.7 Å². The van der Waals surface area contributed by atoms with Crippen molar-refractivity contribution < 1.29 is 38.0 Å². The number of fused-ring (bicyclic) bond motifs is 6. The lowest BCUT2D eigenvalue weighted by Crippen LogP contribution is -2.62. The molecule has 3 aliphatic heterocycles. The summed E-state index contributed by atoms with van der Waals surface area (Å²) < 4.78 is 20.2. The van der Waals surface area contributed by atoms with Gasteiger partial charge >= 0.3 is 5.97 Å². The van der Waals surface area contributed by atoms with Crippen LogP contribution in [0.25, 0.3) is 33.5 Å². The van der Waals surface area contributed by atoms with Crippen molar-refractivity contribution in [2.75, 3.05) is 40.4 Å². The third-order valence-electron chi connectivity index (χ3n) is 12.9. The van der Waals surface area contributed by atoms with Crippen LogP contribution in [0.5, 0.6) is 0 Å². The van der Waals surface area contributed by atoms with E-state index in [1.807, 2.05) is 32.9 Å². The molecular weight excluding hydrogens is 817 g/mol. The lowest BCUT2D eigenvalue weighted by Gasteiger charge is -2.36. The fourth-order valence-electron chi connectivity index (χ4n) is 9.50. The molecule has 6 bridgehead atoms. The number of hydrogen-bond donors (Lipinski definition) is 2. The Hall–Kier alpha value is -5.87. The summed E-state index contributed by atoms with van der Waals surface area (Å²) in [6, 6.07) is 9.04. The van der Waals surface area contributed by atoms with E-state index >= 15 is 0 Å². The maximum Gasteiger partial charge on any atom is 0.324 e. The number of cyclic esters (lactones) is 1. The number of nitrogens with one attached hydrogen (secondary N) is 2. The predicted octanol–water partition coefficient (Wildman–Crippen LogP) is 5.25. The number of aryl methyl sites for hydroxylation is 1. The number of aromatic nitrogens is 3. The maximum atomic E-state index is 14.6.